The first-order valence-corrected chi connectivity index (χ1v) is 13.2. The standard InChI is InChI=1S/2C12H15N3S2/c2*1-12(2)14-10(16)13-11(17-12)15(3)9-7-5-4-6-8-9/h2*4-8H,1-3H3,(H,14,16). The van der Waals surface area contributed by atoms with Gasteiger partial charge in [-0.2, -0.15) is 9.98 Å². The summed E-state index contributed by atoms with van der Waals surface area (Å²) in [5.74, 6) is 0. The zero-order valence-corrected chi connectivity index (χ0v) is 23.5. The van der Waals surface area contributed by atoms with Gasteiger partial charge in [-0.15, -0.1) is 0 Å². The van der Waals surface area contributed by atoms with E-state index in [0.29, 0.717) is 10.2 Å². The van der Waals surface area contributed by atoms with Crippen LogP contribution in [0.25, 0.3) is 0 Å². The number of nitrogens with one attached hydrogen (secondary N) is 2. The Kier molecular flexibility index (Phi) is 8.62. The van der Waals surface area contributed by atoms with E-state index in [-0.39, 0.29) is 9.74 Å². The lowest BCUT2D eigenvalue weighted by molar-refractivity contribution is 0.669. The molecule has 10 heteroatoms. The summed E-state index contributed by atoms with van der Waals surface area (Å²) in [5.41, 5.74) is 2.22. The summed E-state index contributed by atoms with van der Waals surface area (Å²) >= 11 is 13.7. The van der Waals surface area contributed by atoms with Crippen molar-refractivity contribution in [3.05, 3.63) is 60.7 Å². The summed E-state index contributed by atoms with van der Waals surface area (Å²) in [6, 6.07) is 20.3. The third kappa shape index (κ3) is 7.43. The van der Waals surface area contributed by atoms with Gasteiger partial charge >= 0.3 is 0 Å². The summed E-state index contributed by atoms with van der Waals surface area (Å²) in [6.45, 7) is 8.38. The van der Waals surface area contributed by atoms with E-state index in [1.165, 1.54) is 0 Å². The summed E-state index contributed by atoms with van der Waals surface area (Å²) in [6.07, 6.45) is 0. The molecule has 0 bridgehead atoms. The van der Waals surface area contributed by atoms with Gasteiger partial charge in [-0.1, -0.05) is 59.9 Å². The van der Waals surface area contributed by atoms with Crippen LogP contribution in [0.3, 0.4) is 0 Å². The maximum atomic E-state index is 5.16. The van der Waals surface area contributed by atoms with Crippen LogP contribution in [-0.2, 0) is 0 Å². The number of benzene rings is 2. The third-order valence-corrected chi connectivity index (χ3v) is 7.47. The van der Waals surface area contributed by atoms with E-state index in [1.54, 1.807) is 23.5 Å². The number of nitrogens with zero attached hydrogens (tertiary/aromatic N) is 4. The van der Waals surface area contributed by atoms with Crippen molar-refractivity contribution in [2.45, 2.75) is 37.4 Å². The van der Waals surface area contributed by atoms with Crippen molar-refractivity contribution < 1.29 is 0 Å². The van der Waals surface area contributed by atoms with Gasteiger partial charge in [0.15, 0.2) is 20.6 Å². The van der Waals surface area contributed by atoms with Crippen LogP contribution in [0.4, 0.5) is 11.4 Å². The number of anilines is 2. The van der Waals surface area contributed by atoms with Crippen LogP contribution >= 0.6 is 48.0 Å². The monoisotopic (exact) mass is 530 g/mol. The van der Waals surface area contributed by atoms with Crippen molar-refractivity contribution in [2.24, 2.45) is 9.98 Å². The van der Waals surface area contributed by atoms with Gasteiger partial charge in [0.05, 0.1) is 9.74 Å². The predicted octanol–water partition coefficient (Wildman–Crippen LogP) is 5.67. The molecule has 0 spiro atoms. The van der Waals surface area contributed by atoms with Crippen LogP contribution in [0.15, 0.2) is 70.6 Å². The van der Waals surface area contributed by atoms with Gasteiger partial charge in [-0.3, -0.25) is 0 Å². The molecule has 180 valence electrons. The highest BCUT2D eigenvalue weighted by Crippen LogP contribution is 2.31. The van der Waals surface area contributed by atoms with Crippen molar-refractivity contribution >= 4 is 79.9 Å². The molecule has 0 radical (unpaired) electrons. The second-order valence-corrected chi connectivity index (χ2v) is 12.6. The molecule has 2 aromatic carbocycles. The topological polar surface area (TPSA) is 55.3 Å². The fourth-order valence-corrected chi connectivity index (χ4v) is 6.00. The van der Waals surface area contributed by atoms with E-state index >= 15 is 0 Å². The minimum Gasteiger partial charge on any atom is -0.346 e. The smallest absolute Gasteiger partial charge is 0.196 e. The molecule has 0 amide bonds. The quantitative estimate of drug-likeness (QED) is 0.482. The molecule has 2 aliphatic rings. The Morgan fingerprint density at radius 3 is 1.26 bits per heavy atom. The van der Waals surface area contributed by atoms with E-state index in [1.807, 2.05) is 50.5 Å². The van der Waals surface area contributed by atoms with E-state index in [9.17, 15) is 0 Å². The number of amidine groups is 2. The number of hydrogen-bond donors (Lipinski definition) is 2. The predicted molar refractivity (Wildman–Crippen MR) is 159 cm³/mol. The molecular formula is C24H30N6S4. The normalized spacial score (nSPS) is 18.3. The highest BCUT2D eigenvalue weighted by Gasteiger charge is 2.30. The van der Waals surface area contributed by atoms with Gasteiger partial charge in [0, 0.05) is 25.5 Å². The Morgan fingerprint density at radius 1 is 0.647 bits per heavy atom. The van der Waals surface area contributed by atoms with Gasteiger partial charge in [0.1, 0.15) is 0 Å². The fourth-order valence-electron chi connectivity index (χ4n) is 3.11. The molecule has 0 saturated heterocycles. The minimum atomic E-state index is -0.114. The highest BCUT2D eigenvalue weighted by atomic mass is 32.2. The van der Waals surface area contributed by atoms with Crippen LogP contribution in [-0.4, -0.2) is 44.4 Å². The maximum Gasteiger partial charge on any atom is 0.196 e. The summed E-state index contributed by atoms with van der Waals surface area (Å²) < 4.78 is 0. The molecule has 0 saturated carbocycles. The largest absolute Gasteiger partial charge is 0.346 e. The van der Waals surface area contributed by atoms with Crippen molar-refractivity contribution in [1.82, 2.24) is 10.6 Å². The van der Waals surface area contributed by atoms with Crippen molar-refractivity contribution in [2.75, 3.05) is 23.9 Å². The molecule has 0 aliphatic carbocycles. The number of thiocarbonyl (C=S) groups is 2. The number of rotatable bonds is 2. The Labute approximate surface area is 221 Å². The summed E-state index contributed by atoms with van der Waals surface area (Å²) in [4.78, 5) is 12.6. The van der Waals surface area contributed by atoms with Crippen LogP contribution < -0.4 is 20.4 Å². The molecule has 34 heavy (non-hydrogen) atoms. The van der Waals surface area contributed by atoms with Crippen LogP contribution in [0, 0.1) is 0 Å². The van der Waals surface area contributed by atoms with Crippen molar-refractivity contribution in [3.8, 4) is 0 Å². The second kappa shape index (κ2) is 11.1. The molecule has 6 nitrogen and oxygen atoms in total. The van der Waals surface area contributed by atoms with E-state index in [0.717, 1.165) is 21.7 Å². The third-order valence-electron chi connectivity index (χ3n) is 4.76. The molecule has 2 N–H and O–H groups in total. The highest BCUT2D eigenvalue weighted by molar-refractivity contribution is 8.15. The lowest BCUT2D eigenvalue weighted by Gasteiger charge is -2.33. The molecule has 4 rings (SSSR count). The molecule has 0 atom stereocenters. The average Bonchev–Trinajstić information content (AvgIpc) is 2.77. The first-order valence-electron chi connectivity index (χ1n) is 10.7. The summed E-state index contributed by atoms with van der Waals surface area (Å²) in [5, 5.41) is 9.28. The molecule has 0 aromatic heterocycles. The number of hydrogen-bond acceptors (Lipinski definition) is 6. The second-order valence-electron chi connectivity index (χ2n) is 8.66. The molecule has 2 aliphatic heterocycles. The number of aliphatic imine (C=N–C) groups is 2. The van der Waals surface area contributed by atoms with Crippen molar-refractivity contribution in [1.29, 1.82) is 0 Å². The van der Waals surface area contributed by atoms with Crippen LogP contribution in [0.1, 0.15) is 27.7 Å². The minimum absolute atomic E-state index is 0.114. The molecule has 0 unspecified atom stereocenters. The van der Waals surface area contributed by atoms with Gasteiger partial charge in [-0.25, -0.2) is 0 Å². The van der Waals surface area contributed by atoms with Crippen molar-refractivity contribution in [3.63, 3.8) is 0 Å². The molecule has 0 fully saturated rings. The lowest BCUT2D eigenvalue weighted by Crippen LogP contribution is -2.46. The zero-order chi connectivity index (χ0) is 24.9. The van der Waals surface area contributed by atoms with E-state index in [2.05, 4.69) is 82.4 Å². The van der Waals surface area contributed by atoms with Crippen LogP contribution in [0.2, 0.25) is 0 Å². The summed E-state index contributed by atoms with van der Waals surface area (Å²) in [7, 11) is 4.01. The van der Waals surface area contributed by atoms with E-state index < -0.39 is 0 Å². The van der Waals surface area contributed by atoms with Gasteiger partial charge in [0.25, 0.3) is 0 Å². The van der Waals surface area contributed by atoms with Crippen LogP contribution in [0.5, 0.6) is 0 Å². The zero-order valence-electron chi connectivity index (χ0n) is 20.2. The number of thioether (sulfide) groups is 2. The Hall–Kier alpha value is -2.14. The SMILES string of the molecule is CN(C1=NC(=S)NC(C)(C)S1)c1ccccc1.CN(C1=NC(=S)NC(C)(C)S1)c1ccccc1. The molecule has 2 aromatic rings. The Bertz CT molecular complexity index is 996. The average molecular weight is 531 g/mol. The number of para-hydroxylation sites is 2. The first-order chi connectivity index (χ1) is 16.0. The van der Waals surface area contributed by atoms with E-state index in [4.69, 9.17) is 24.4 Å². The fraction of sp³-hybridized carbons (Fsp3) is 0.333. The van der Waals surface area contributed by atoms with Gasteiger partial charge in [0.2, 0.25) is 0 Å². The maximum absolute atomic E-state index is 5.16. The lowest BCUT2D eigenvalue weighted by atomic mass is 10.3. The molecule has 2 heterocycles. The van der Waals surface area contributed by atoms with Gasteiger partial charge < -0.3 is 20.4 Å². The first kappa shape index (κ1) is 26.5. The molecular weight excluding hydrogens is 501 g/mol. The Morgan fingerprint density at radius 2 is 0.971 bits per heavy atom. The van der Waals surface area contributed by atoms with Gasteiger partial charge in [-0.05, 0) is 76.4 Å². The Balaban J connectivity index is 0.000000191.